The summed E-state index contributed by atoms with van der Waals surface area (Å²) in [5.74, 6) is 0.185. The molecule has 0 aromatic rings. The SMILES string of the molecule is CCCC(CCN)CCC(=O)N(CCC)CC(=O)OC. The predicted molar refractivity (Wildman–Crippen MR) is 80.2 cm³/mol. The fraction of sp³-hybridized carbons (Fsp3) is 0.867. The lowest BCUT2D eigenvalue weighted by atomic mass is 9.94. The zero-order valence-electron chi connectivity index (χ0n) is 13.2. The van der Waals surface area contributed by atoms with Crippen LogP contribution in [0.25, 0.3) is 0 Å². The molecular weight excluding hydrogens is 256 g/mol. The van der Waals surface area contributed by atoms with Crippen molar-refractivity contribution in [3.8, 4) is 0 Å². The van der Waals surface area contributed by atoms with Crippen LogP contribution >= 0.6 is 0 Å². The summed E-state index contributed by atoms with van der Waals surface area (Å²) in [6, 6.07) is 0. The Labute approximate surface area is 122 Å². The molecule has 0 heterocycles. The maximum atomic E-state index is 12.2. The van der Waals surface area contributed by atoms with Gasteiger partial charge in [-0.05, 0) is 31.7 Å². The maximum absolute atomic E-state index is 12.2. The van der Waals surface area contributed by atoms with E-state index in [0.717, 1.165) is 32.1 Å². The Morgan fingerprint density at radius 1 is 1.15 bits per heavy atom. The number of carbonyl (C=O) groups excluding carboxylic acids is 2. The highest BCUT2D eigenvalue weighted by Crippen LogP contribution is 2.17. The summed E-state index contributed by atoms with van der Waals surface area (Å²) < 4.78 is 4.63. The first kappa shape index (κ1) is 18.9. The van der Waals surface area contributed by atoms with Crippen LogP contribution in [0.3, 0.4) is 0 Å². The van der Waals surface area contributed by atoms with E-state index in [0.29, 0.717) is 25.4 Å². The Morgan fingerprint density at radius 2 is 1.85 bits per heavy atom. The number of hydrogen-bond donors (Lipinski definition) is 1. The molecule has 0 aliphatic carbocycles. The lowest BCUT2D eigenvalue weighted by molar-refractivity contribution is -0.147. The molecule has 5 heteroatoms. The Balaban J connectivity index is 4.32. The number of hydrogen-bond acceptors (Lipinski definition) is 4. The topological polar surface area (TPSA) is 72.6 Å². The summed E-state index contributed by atoms with van der Waals surface area (Å²) in [5.41, 5.74) is 5.60. The van der Waals surface area contributed by atoms with Crippen molar-refractivity contribution in [3.05, 3.63) is 0 Å². The van der Waals surface area contributed by atoms with Gasteiger partial charge in [-0.1, -0.05) is 26.7 Å². The third-order valence-electron chi connectivity index (χ3n) is 3.43. The van der Waals surface area contributed by atoms with E-state index in [9.17, 15) is 9.59 Å². The Hall–Kier alpha value is -1.10. The fourth-order valence-electron chi connectivity index (χ4n) is 2.34. The molecular formula is C15H30N2O3. The molecule has 0 rings (SSSR count). The van der Waals surface area contributed by atoms with E-state index in [2.05, 4.69) is 11.7 Å². The van der Waals surface area contributed by atoms with Gasteiger partial charge in [-0.3, -0.25) is 9.59 Å². The third kappa shape index (κ3) is 8.15. The molecule has 0 spiro atoms. The van der Waals surface area contributed by atoms with Crippen molar-refractivity contribution in [2.45, 2.75) is 52.4 Å². The van der Waals surface area contributed by atoms with Gasteiger partial charge in [0.15, 0.2) is 0 Å². The van der Waals surface area contributed by atoms with Crippen molar-refractivity contribution in [2.75, 3.05) is 26.7 Å². The first-order valence-electron chi connectivity index (χ1n) is 7.63. The third-order valence-corrected chi connectivity index (χ3v) is 3.43. The first-order valence-corrected chi connectivity index (χ1v) is 7.63. The van der Waals surface area contributed by atoms with Crippen LogP contribution in [0.1, 0.15) is 52.4 Å². The second-order valence-corrected chi connectivity index (χ2v) is 5.16. The van der Waals surface area contributed by atoms with Gasteiger partial charge in [-0.25, -0.2) is 0 Å². The summed E-state index contributed by atoms with van der Waals surface area (Å²) in [6.45, 7) is 5.46. The quantitative estimate of drug-likeness (QED) is 0.589. The molecule has 0 radical (unpaired) electrons. The number of amides is 1. The van der Waals surface area contributed by atoms with Gasteiger partial charge in [0.2, 0.25) is 5.91 Å². The minimum Gasteiger partial charge on any atom is -0.468 e. The molecule has 1 atom stereocenters. The van der Waals surface area contributed by atoms with Gasteiger partial charge in [0.05, 0.1) is 7.11 Å². The summed E-state index contributed by atoms with van der Waals surface area (Å²) in [7, 11) is 1.34. The van der Waals surface area contributed by atoms with E-state index in [4.69, 9.17) is 5.73 Å². The van der Waals surface area contributed by atoms with Crippen LogP contribution in [0.2, 0.25) is 0 Å². The fourth-order valence-corrected chi connectivity index (χ4v) is 2.34. The summed E-state index contributed by atoms with van der Waals surface area (Å²) in [4.78, 5) is 25.1. The normalized spacial score (nSPS) is 12.0. The number of esters is 1. The Bertz CT molecular complexity index is 276. The lowest BCUT2D eigenvalue weighted by Crippen LogP contribution is -2.36. The van der Waals surface area contributed by atoms with Gasteiger partial charge in [0.25, 0.3) is 0 Å². The second-order valence-electron chi connectivity index (χ2n) is 5.16. The van der Waals surface area contributed by atoms with Gasteiger partial charge < -0.3 is 15.4 Å². The van der Waals surface area contributed by atoms with E-state index in [1.54, 1.807) is 4.90 Å². The standard InChI is InChI=1S/C15H30N2O3/c1-4-6-13(9-10-16)7-8-14(18)17(11-5-2)12-15(19)20-3/h13H,4-12,16H2,1-3H3. The number of rotatable bonds is 11. The Morgan fingerprint density at radius 3 is 2.35 bits per heavy atom. The molecule has 0 aromatic carbocycles. The van der Waals surface area contributed by atoms with E-state index >= 15 is 0 Å². The smallest absolute Gasteiger partial charge is 0.325 e. The van der Waals surface area contributed by atoms with Gasteiger partial charge in [0.1, 0.15) is 6.54 Å². The molecule has 0 fully saturated rings. The predicted octanol–water partition coefficient (Wildman–Crippen LogP) is 1.94. The molecule has 1 amide bonds. The van der Waals surface area contributed by atoms with E-state index in [1.807, 2.05) is 6.92 Å². The summed E-state index contributed by atoms with van der Waals surface area (Å²) >= 11 is 0. The van der Waals surface area contributed by atoms with Gasteiger partial charge in [-0.2, -0.15) is 0 Å². The number of methoxy groups -OCH3 is 1. The highest BCUT2D eigenvalue weighted by Gasteiger charge is 2.18. The van der Waals surface area contributed by atoms with Gasteiger partial charge in [0, 0.05) is 13.0 Å². The average molecular weight is 286 g/mol. The second kappa shape index (κ2) is 11.7. The van der Waals surface area contributed by atoms with Crippen molar-refractivity contribution in [2.24, 2.45) is 11.7 Å². The van der Waals surface area contributed by atoms with Crippen molar-refractivity contribution >= 4 is 11.9 Å². The van der Waals surface area contributed by atoms with Gasteiger partial charge in [-0.15, -0.1) is 0 Å². The van der Waals surface area contributed by atoms with Crippen LogP contribution in [-0.4, -0.2) is 43.5 Å². The molecule has 1 unspecified atom stereocenters. The molecule has 0 aliphatic heterocycles. The van der Waals surface area contributed by atoms with Crippen molar-refractivity contribution in [3.63, 3.8) is 0 Å². The highest BCUT2D eigenvalue weighted by molar-refractivity contribution is 5.82. The van der Waals surface area contributed by atoms with Crippen molar-refractivity contribution in [1.82, 2.24) is 4.90 Å². The number of carbonyl (C=O) groups is 2. The number of nitrogens with two attached hydrogens (primary N) is 1. The highest BCUT2D eigenvalue weighted by atomic mass is 16.5. The van der Waals surface area contributed by atoms with Crippen molar-refractivity contribution < 1.29 is 14.3 Å². The van der Waals surface area contributed by atoms with E-state index in [1.165, 1.54) is 7.11 Å². The van der Waals surface area contributed by atoms with Crippen LogP contribution in [0.5, 0.6) is 0 Å². The van der Waals surface area contributed by atoms with Gasteiger partial charge >= 0.3 is 5.97 Å². The summed E-state index contributed by atoms with van der Waals surface area (Å²) in [6.07, 6.45) is 5.36. The minimum atomic E-state index is -0.362. The van der Waals surface area contributed by atoms with Crippen LogP contribution in [0, 0.1) is 5.92 Å². The molecule has 0 aromatic heterocycles. The van der Waals surface area contributed by atoms with E-state index in [-0.39, 0.29) is 18.4 Å². The number of nitrogens with zero attached hydrogens (tertiary/aromatic N) is 1. The van der Waals surface area contributed by atoms with Crippen LogP contribution in [-0.2, 0) is 14.3 Å². The molecule has 0 bridgehead atoms. The van der Waals surface area contributed by atoms with Crippen molar-refractivity contribution in [1.29, 1.82) is 0 Å². The summed E-state index contributed by atoms with van der Waals surface area (Å²) in [5, 5.41) is 0. The molecule has 5 nitrogen and oxygen atoms in total. The Kier molecular flexibility index (Phi) is 11.1. The molecule has 0 aliphatic rings. The maximum Gasteiger partial charge on any atom is 0.325 e. The average Bonchev–Trinajstić information content (AvgIpc) is 2.44. The molecule has 20 heavy (non-hydrogen) atoms. The van der Waals surface area contributed by atoms with Crippen LogP contribution in [0.15, 0.2) is 0 Å². The zero-order chi connectivity index (χ0) is 15.4. The zero-order valence-corrected chi connectivity index (χ0v) is 13.2. The first-order chi connectivity index (χ1) is 9.58. The lowest BCUT2D eigenvalue weighted by Gasteiger charge is -2.22. The molecule has 0 saturated heterocycles. The van der Waals surface area contributed by atoms with Crippen LogP contribution < -0.4 is 5.73 Å². The van der Waals surface area contributed by atoms with E-state index < -0.39 is 0 Å². The molecule has 0 saturated carbocycles. The van der Waals surface area contributed by atoms with Crippen LogP contribution in [0.4, 0.5) is 0 Å². The minimum absolute atomic E-state index is 0.0374. The number of ether oxygens (including phenoxy) is 1. The monoisotopic (exact) mass is 286 g/mol. The molecule has 118 valence electrons. The largest absolute Gasteiger partial charge is 0.468 e. The molecule has 2 N–H and O–H groups in total.